The van der Waals surface area contributed by atoms with Crippen LogP contribution in [-0.4, -0.2) is 31.4 Å². The van der Waals surface area contributed by atoms with Gasteiger partial charge in [0.25, 0.3) is 0 Å². The van der Waals surface area contributed by atoms with Crippen molar-refractivity contribution < 1.29 is 9.53 Å². The molecule has 0 aliphatic rings. The molecular formula is C27H28ClN5O2S2. The third-order valence-electron chi connectivity index (χ3n) is 5.77. The molecule has 1 N–H and O–H groups in total. The topological polar surface area (TPSA) is 81.9 Å². The van der Waals surface area contributed by atoms with E-state index in [2.05, 4.69) is 53.1 Å². The summed E-state index contributed by atoms with van der Waals surface area (Å²) >= 11 is 8.96. The highest BCUT2D eigenvalue weighted by Gasteiger charge is 2.16. The van der Waals surface area contributed by atoms with E-state index in [1.54, 1.807) is 6.08 Å². The molecule has 0 unspecified atom stereocenters. The van der Waals surface area contributed by atoms with E-state index in [-0.39, 0.29) is 18.3 Å². The molecule has 0 aliphatic heterocycles. The number of benzene rings is 2. The van der Waals surface area contributed by atoms with Crippen molar-refractivity contribution in [2.24, 2.45) is 0 Å². The molecule has 0 spiro atoms. The van der Waals surface area contributed by atoms with Crippen molar-refractivity contribution in [2.45, 2.75) is 46.0 Å². The number of carbonyl (C=O) groups excluding carboxylic acids is 1. The van der Waals surface area contributed by atoms with Gasteiger partial charge in [-0.2, -0.15) is 0 Å². The fraction of sp³-hybridized carbons (Fsp3) is 0.259. The van der Waals surface area contributed by atoms with E-state index in [4.69, 9.17) is 16.3 Å². The minimum atomic E-state index is -0.163. The highest BCUT2D eigenvalue weighted by Crippen LogP contribution is 2.28. The van der Waals surface area contributed by atoms with Crippen molar-refractivity contribution in [1.82, 2.24) is 19.7 Å². The fourth-order valence-electron chi connectivity index (χ4n) is 3.63. The number of thioether (sulfide) groups is 1. The van der Waals surface area contributed by atoms with E-state index in [1.165, 1.54) is 34.2 Å². The first-order chi connectivity index (χ1) is 17.7. The Kier molecular flexibility index (Phi) is 8.68. The van der Waals surface area contributed by atoms with Crippen LogP contribution < -0.4 is 10.1 Å². The van der Waals surface area contributed by atoms with Crippen LogP contribution in [0.15, 0.2) is 53.5 Å². The minimum absolute atomic E-state index is 0.163. The van der Waals surface area contributed by atoms with Crippen LogP contribution >= 0.6 is 34.7 Å². The van der Waals surface area contributed by atoms with Crippen molar-refractivity contribution in [3.63, 3.8) is 0 Å². The SMILES string of the molecule is C=CCn1c(COc2cc(C)c(Cl)c(C)c2)nnc1SCC(=O)Nc1nc(-c2ccc(C)c(C)c2)cs1. The summed E-state index contributed by atoms with van der Waals surface area (Å²) in [7, 11) is 0. The largest absolute Gasteiger partial charge is 0.486 e. The number of halogens is 1. The van der Waals surface area contributed by atoms with Gasteiger partial charge in [0, 0.05) is 22.5 Å². The summed E-state index contributed by atoms with van der Waals surface area (Å²) in [6.45, 7) is 12.6. The van der Waals surface area contributed by atoms with Crippen LogP contribution in [0.1, 0.15) is 28.1 Å². The molecule has 4 aromatic rings. The summed E-state index contributed by atoms with van der Waals surface area (Å²) < 4.78 is 7.85. The molecule has 4 rings (SSSR count). The summed E-state index contributed by atoms with van der Waals surface area (Å²) in [4.78, 5) is 17.2. The lowest BCUT2D eigenvalue weighted by Gasteiger charge is -2.11. The Morgan fingerprint density at radius 1 is 1.14 bits per heavy atom. The van der Waals surface area contributed by atoms with E-state index < -0.39 is 0 Å². The fourth-order valence-corrected chi connectivity index (χ4v) is 5.24. The third-order valence-corrected chi connectivity index (χ3v) is 8.09. The van der Waals surface area contributed by atoms with Crippen molar-refractivity contribution in [3.8, 4) is 17.0 Å². The number of hydrogen-bond acceptors (Lipinski definition) is 7. The van der Waals surface area contributed by atoms with Gasteiger partial charge in [-0.25, -0.2) is 4.98 Å². The second kappa shape index (κ2) is 11.9. The highest BCUT2D eigenvalue weighted by atomic mass is 35.5. The number of nitrogens with zero attached hydrogens (tertiary/aromatic N) is 4. The van der Waals surface area contributed by atoms with Crippen molar-refractivity contribution in [2.75, 3.05) is 11.1 Å². The molecule has 192 valence electrons. The molecular weight excluding hydrogens is 526 g/mol. The average Bonchev–Trinajstić information content (AvgIpc) is 3.48. The number of amides is 1. The summed E-state index contributed by atoms with van der Waals surface area (Å²) in [5.41, 5.74) is 6.22. The quantitative estimate of drug-likeness (QED) is 0.172. The van der Waals surface area contributed by atoms with E-state index in [9.17, 15) is 4.79 Å². The zero-order valence-electron chi connectivity index (χ0n) is 21.2. The maximum atomic E-state index is 12.6. The van der Waals surface area contributed by atoms with E-state index in [0.29, 0.717) is 28.4 Å². The minimum Gasteiger partial charge on any atom is -0.486 e. The number of hydrogen-bond donors (Lipinski definition) is 1. The van der Waals surface area contributed by atoms with Crippen molar-refractivity contribution >= 4 is 45.7 Å². The maximum absolute atomic E-state index is 12.6. The number of carbonyl (C=O) groups is 1. The van der Waals surface area contributed by atoms with Crippen LogP contribution in [-0.2, 0) is 17.9 Å². The van der Waals surface area contributed by atoms with Crippen molar-refractivity contribution in [3.05, 3.63) is 81.5 Å². The molecule has 0 atom stereocenters. The molecule has 2 aromatic heterocycles. The molecule has 10 heteroatoms. The normalized spacial score (nSPS) is 10.9. The Morgan fingerprint density at radius 3 is 2.59 bits per heavy atom. The van der Waals surface area contributed by atoms with Crippen LogP contribution in [0, 0.1) is 27.7 Å². The molecule has 2 aromatic carbocycles. The predicted molar refractivity (Wildman–Crippen MR) is 152 cm³/mol. The Hall–Kier alpha value is -3.14. The van der Waals surface area contributed by atoms with Gasteiger partial charge in [0.2, 0.25) is 5.91 Å². The molecule has 0 bridgehead atoms. The van der Waals surface area contributed by atoms with Crippen LogP contribution in [0.4, 0.5) is 5.13 Å². The number of anilines is 1. The first kappa shape index (κ1) is 26.9. The smallest absolute Gasteiger partial charge is 0.236 e. The molecule has 2 heterocycles. The number of rotatable bonds is 10. The number of aryl methyl sites for hydroxylation is 4. The number of ether oxygens (including phenoxy) is 1. The van der Waals surface area contributed by atoms with E-state index >= 15 is 0 Å². The Balaban J connectivity index is 1.37. The molecule has 0 radical (unpaired) electrons. The lowest BCUT2D eigenvalue weighted by Crippen LogP contribution is -2.15. The van der Waals surface area contributed by atoms with E-state index in [0.717, 1.165) is 27.4 Å². The molecule has 1 amide bonds. The second-order valence-electron chi connectivity index (χ2n) is 8.63. The number of nitrogens with one attached hydrogen (secondary N) is 1. The van der Waals surface area contributed by atoms with Gasteiger partial charge in [0.05, 0.1) is 11.4 Å². The van der Waals surface area contributed by atoms with Gasteiger partial charge in [-0.15, -0.1) is 28.1 Å². The van der Waals surface area contributed by atoms with Crippen LogP contribution in [0.3, 0.4) is 0 Å². The summed E-state index contributed by atoms with van der Waals surface area (Å²) in [5.74, 6) is 1.37. The molecule has 37 heavy (non-hydrogen) atoms. The van der Waals surface area contributed by atoms with Crippen LogP contribution in [0.25, 0.3) is 11.3 Å². The number of thiazole rings is 1. The van der Waals surface area contributed by atoms with Crippen LogP contribution in [0.2, 0.25) is 5.02 Å². The number of allylic oxidation sites excluding steroid dienone is 1. The predicted octanol–water partition coefficient (Wildman–Crippen LogP) is 6.78. The van der Waals surface area contributed by atoms with Crippen LogP contribution in [0.5, 0.6) is 5.75 Å². The zero-order chi connectivity index (χ0) is 26.5. The molecule has 0 aliphatic carbocycles. The monoisotopic (exact) mass is 553 g/mol. The molecule has 0 saturated carbocycles. The summed E-state index contributed by atoms with van der Waals surface area (Å²) in [5, 5.41) is 15.3. The summed E-state index contributed by atoms with van der Waals surface area (Å²) in [6, 6.07) is 10.0. The second-order valence-corrected chi connectivity index (χ2v) is 10.8. The lowest BCUT2D eigenvalue weighted by atomic mass is 10.1. The average molecular weight is 554 g/mol. The molecule has 0 fully saturated rings. The Labute approximate surface area is 230 Å². The van der Waals surface area contributed by atoms with Gasteiger partial charge in [-0.1, -0.05) is 41.6 Å². The maximum Gasteiger partial charge on any atom is 0.236 e. The van der Waals surface area contributed by atoms with Gasteiger partial charge >= 0.3 is 0 Å². The lowest BCUT2D eigenvalue weighted by molar-refractivity contribution is -0.113. The zero-order valence-corrected chi connectivity index (χ0v) is 23.6. The highest BCUT2D eigenvalue weighted by molar-refractivity contribution is 7.99. The van der Waals surface area contributed by atoms with Gasteiger partial charge < -0.3 is 10.1 Å². The standard InChI is InChI=1S/C27H28ClN5O2S2/c1-6-9-33-23(13-35-21-11-18(4)25(28)19(5)12-21)31-32-27(33)37-15-24(34)30-26-29-22(14-36-26)20-8-7-16(2)17(3)10-20/h6-8,10-12,14H,1,9,13,15H2,2-5H3,(H,29,30,34). The van der Waals surface area contributed by atoms with Gasteiger partial charge in [0.1, 0.15) is 12.4 Å². The first-order valence-corrected chi connectivity index (χ1v) is 13.9. The first-order valence-electron chi connectivity index (χ1n) is 11.6. The van der Waals surface area contributed by atoms with Crippen molar-refractivity contribution in [1.29, 1.82) is 0 Å². The van der Waals surface area contributed by atoms with E-state index in [1.807, 2.05) is 42.0 Å². The van der Waals surface area contributed by atoms with Gasteiger partial charge in [-0.3, -0.25) is 9.36 Å². The Morgan fingerprint density at radius 2 is 1.89 bits per heavy atom. The third kappa shape index (κ3) is 6.60. The van der Waals surface area contributed by atoms with Gasteiger partial charge in [0.15, 0.2) is 16.1 Å². The number of aromatic nitrogens is 4. The summed E-state index contributed by atoms with van der Waals surface area (Å²) in [6.07, 6.45) is 1.76. The molecule has 0 saturated heterocycles. The molecule has 7 nitrogen and oxygen atoms in total. The Bertz CT molecular complexity index is 1420. The van der Waals surface area contributed by atoms with Gasteiger partial charge in [-0.05, 0) is 68.1 Å².